The third-order valence-corrected chi connectivity index (χ3v) is 4.87. The summed E-state index contributed by atoms with van der Waals surface area (Å²) < 4.78 is 15.6. The van der Waals surface area contributed by atoms with Gasteiger partial charge < -0.3 is 24.0 Å². The number of carbonyl (C=O) groups is 2. The van der Waals surface area contributed by atoms with Crippen molar-refractivity contribution >= 4 is 12.0 Å². The Kier molecular flexibility index (Phi) is 9.19. The zero-order valence-corrected chi connectivity index (χ0v) is 17.0. The molecule has 156 valence electrons. The molecule has 1 heterocycles. The summed E-state index contributed by atoms with van der Waals surface area (Å²) in [6.07, 6.45) is -0.355. The van der Waals surface area contributed by atoms with Crippen molar-refractivity contribution in [2.24, 2.45) is 0 Å². The molecule has 0 spiro atoms. The Morgan fingerprint density at radius 3 is 2.11 bits per heavy atom. The van der Waals surface area contributed by atoms with Gasteiger partial charge in [-0.3, -0.25) is 9.69 Å². The van der Waals surface area contributed by atoms with E-state index in [0.717, 1.165) is 0 Å². The zero-order valence-electron chi connectivity index (χ0n) is 17.0. The second kappa shape index (κ2) is 11.6. The molecule has 0 aromatic heterocycles. The zero-order chi connectivity index (χ0) is 20.4. The fourth-order valence-electron chi connectivity index (χ4n) is 3.10. The fourth-order valence-corrected chi connectivity index (χ4v) is 3.10. The standard InChI is InChI=1S/C20H31N3O5/c1-17(19(24)22(13-15-26-2)14-16-27-3)21-9-11-23(12-10-21)20(25)28-18-7-5-4-6-8-18/h4-8,17H,9-16H2,1-3H3. The third-order valence-electron chi connectivity index (χ3n) is 4.87. The Morgan fingerprint density at radius 2 is 1.57 bits per heavy atom. The van der Waals surface area contributed by atoms with E-state index < -0.39 is 0 Å². The van der Waals surface area contributed by atoms with Gasteiger partial charge in [-0.2, -0.15) is 0 Å². The Bertz CT molecular complexity index is 597. The van der Waals surface area contributed by atoms with Crippen LogP contribution >= 0.6 is 0 Å². The summed E-state index contributed by atoms with van der Waals surface area (Å²) >= 11 is 0. The van der Waals surface area contributed by atoms with Gasteiger partial charge in [-0.25, -0.2) is 4.79 Å². The number of methoxy groups -OCH3 is 2. The minimum atomic E-state index is -0.355. The molecule has 1 aromatic carbocycles. The highest BCUT2D eigenvalue weighted by Crippen LogP contribution is 2.13. The number of benzene rings is 1. The van der Waals surface area contributed by atoms with Crippen LogP contribution in [0.5, 0.6) is 5.75 Å². The lowest BCUT2D eigenvalue weighted by Gasteiger charge is -2.38. The van der Waals surface area contributed by atoms with Crippen molar-refractivity contribution in [1.29, 1.82) is 0 Å². The normalized spacial score (nSPS) is 15.9. The Hall–Kier alpha value is -2.16. The van der Waals surface area contributed by atoms with Gasteiger partial charge in [0.05, 0.1) is 19.3 Å². The lowest BCUT2D eigenvalue weighted by molar-refractivity contribution is -0.138. The number of amides is 2. The van der Waals surface area contributed by atoms with E-state index in [2.05, 4.69) is 4.90 Å². The third kappa shape index (κ3) is 6.47. The smallest absolute Gasteiger partial charge is 0.410 e. The molecular formula is C20H31N3O5. The summed E-state index contributed by atoms with van der Waals surface area (Å²) in [5.41, 5.74) is 0. The van der Waals surface area contributed by atoms with Crippen LogP contribution in [0.15, 0.2) is 30.3 Å². The van der Waals surface area contributed by atoms with E-state index in [-0.39, 0.29) is 18.0 Å². The molecule has 0 saturated carbocycles. The SMILES string of the molecule is COCCN(CCOC)C(=O)C(C)N1CCN(C(=O)Oc2ccccc2)CC1. The van der Waals surface area contributed by atoms with E-state index in [0.29, 0.717) is 58.2 Å². The van der Waals surface area contributed by atoms with Crippen LogP contribution in [0.25, 0.3) is 0 Å². The number of nitrogens with zero attached hydrogens (tertiary/aromatic N) is 3. The van der Waals surface area contributed by atoms with Gasteiger partial charge >= 0.3 is 6.09 Å². The summed E-state index contributed by atoms with van der Waals surface area (Å²) in [6, 6.07) is 8.77. The topological polar surface area (TPSA) is 71.6 Å². The maximum absolute atomic E-state index is 12.9. The van der Waals surface area contributed by atoms with Crippen molar-refractivity contribution in [3.05, 3.63) is 30.3 Å². The van der Waals surface area contributed by atoms with Crippen LogP contribution in [0.1, 0.15) is 6.92 Å². The van der Waals surface area contributed by atoms with Crippen LogP contribution in [-0.4, -0.2) is 99.4 Å². The van der Waals surface area contributed by atoms with Gasteiger partial charge in [-0.1, -0.05) is 18.2 Å². The van der Waals surface area contributed by atoms with Crippen molar-refractivity contribution in [3.63, 3.8) is 0 Å². The van der Waals surface area contributed by atoms with Crippen molar-refractivity contribution < 1.29 is 23.8 Å². The molecule has 0 aliphatic carbocycles. The highest BCUT2D eigenvalue weighted by molar-refractivity contribution is 5.81. The van der Waals surface area contributed by atoms with E-state index in [9.17, 15) is 9.59 Å². The number of rotatable bonds is 9. The molecule has 2 amide bonds. The molecule has 28 heavy (non-hydrogen) atoms. The van der Waals surface area contributed by atoms with E-state index in [4.69, 9.17) is 14.2 Å². The first-order valence-corrected chi connectivity index (χ1v) is 9.59. The molecule has 1 saturated heterocycles. The highest BCUT2D eigenvalue weighted by Gasteiger charge is 2.30. The van der Waals surface area contributed by atoms with Crippen molar-refractivity contribution in [1.82, 2.24) is 14.7 Å². The van der Waals surface area contributed by atoms with Crippen LogP contribution in [0, 0.1) is 0 Å². The van der Waals surface area contributed by atoms with Crippen molar-refractivity contribution in [2.45, 2.75) is 13.0 Å². The number of piperazine rings is 1. The summed E-state index contributed by atoms with van der Waals surface area (Å²) in [6.45, 7) is 6.26. The number of hydrogen-bond donors (Lipinski definition) is 0. The predicted molar refractivity (Wildman–Crippen MR) is 105 cm³/mol. The molecule has 8 heteroatoms. The van der Waals surface area contributed by atoms with Crippen LogP contribution in [-0.2, 0) is 14.3 Å². The molecule has 1 unspecified atom stereocenters. The maximum atomic E-state index is 12.9. The summed E-state index contributed by atoms with van der Waals surface area (Å²) in [5.74, 6) is 0.583. The average molecular weight is 393 g/mol. The van der Waals surface area contributed by atoms with Crippen LogP contribution < -0.4 is 4.74 Å². The first-order chi connectivity index (χ1) is 13.6. The van der Waals surface area contributed by atoms with E-state index in [1.165, 1.54) is 0 Å². The van der Waals surface area contributed by atoms with Crippen molar-refractivity contribution in [3.8, 4) is 5.75 Å². The molecule has 0 radical (unpaired) electrons. The predicted octanol–water partition coefficient (Wildman–Crippen LogP) is 1.31. The molecule has 1 fully saturated rings. The quantitative estimate of drug-likeness (QED) is 0.630. The molecule has 0 N–H and O–H groups in total. The number of ether oxygens (including phenoxy) is 3. The molecule has 1 atom stereocenters. The first-order valence-electron chi connectivity index (χ1n) is 9.59. The van der Waals surface area contributed by atoms with Crippen molar-refractivity contribution in [2.75, 3.05) is 66.7 Å². The number of hydrogen-bond acceptors (Lipinski definition) is 6. The minimum absolute atomic E-state index is 0.0504. The van der Waals surface area contributed by atoms with Gasteiger partial charge in [-0.05, 0) is 19.1 Å². The van der Waals surface area contributed by atoms with Crippen LogP contribution in [0.3, 0.4) is 0 Å². The second-order valence-corrected chi connectivity index (χ2v) is 6.69. The molecule has 1 aliphatic rings. The van der Waals surface area contributed by atoms with Gasteiger partial charge in [-0.15, -0.1) is 0 Å². The van der Waals surface area contributed by atoms with E-state index in [1.807, 2.05) is 25.1 Å². The Balaban J connectivity index is 1.84. The van der Waals surface area contributed by atoms with Crippen LogP contribution in [0.2, 0.25) is 0 Å². The van der Waals surface area contributed by atoms with Gasteiger partial charge in [0, 0.05) is 53.5 Å². The average Bonchev–Trinajstić information content (AvgIpc) is 2.73. The number of carbonyl (C=O) groups excluding carboxylic acids is 2. The number of para-hydroxylation sites is 1. The lowest BCUT2D eigenvalue weighted by atomic mass is 10.2. The Labute approximate surface area is 166 Å². The fraction of sp³-hybridized carbons (Fsp3) is 0.600. The molecule has 1 aliphatic heterocycles. The Morgan fingerprint density at radius 1 is 1.00 bits per heavy atom. The van der Waals surface area contributed by atoms with Gasteiger partial charge in [0.15, 0.2) is 0 Å². The molecular weight excluding hydrogens is 362 g/mol. The second-order valence-electron chi connectivity index (χ2n) is 6.69. The lowest BCUT2D eigenvalue weighted by Crippen LogP contribution is -2.56. The minimum Gasteiger partial charge on any atom is -0.410 e. The highest BCUT2D eigenvalue weighted by atomic mass is 16.6. The molecule has 8 nitrogen and oxygen atoms in total. The molecule has 1 aromatic rings. The van der Waals surface area contributed by atoms with Crippen LogP contribution in [0.4, 0.5) is 4.79 Å². The van der Waals surface area contributed by atoms with Gasteiger partial charge in [0.1, 0.15) is 5.75 Å². The van der Waals surface area contributed by atoms with Gasteiger partial charge in [0.25, 0.3) is 0 Å². The molecule has 2 rings (SSSR count). The monoisotopic (exact) mass is 393 g/mol. The largest absolute Gasteiger partial charge is 0.415 e. The van der Waals surface area contributed by atoms with E-state index in [1.54, 1.807) is 36.2 Å². The summed E-state index contributed by atoms with van der Waals surface area (Å²) in [7, 11) is 3.24. The first kappa shape index (κ1) is 22.1. The summed E-state index contributed by atoms with van der Waals surface area (Å²) in [4.78, 5) is 30.7. The molecule has 0 bridgehead atoms. The maximum Gasteiger partial charge on any atom is 0.415 e. The van der Waals surface area contributed by atoms with E-state index >= 15 is 0 Å². The van der Waals surface area contributed by atoms with Gasteiger partial charge in [0.2, 0.25) is 5.91 Å². The summed E-state index contributed by atoms with van der Waals surface area (Å²) in [5, 5.41) is 0.